The smallest absolute Gasteiger partial charge is 0.125 e. The van der Waals surface area contributed by atoms with E-state index in [1.165, 1.54) is 25.7 Å². The lowest BCUT2D eigenvalue weighted by Gasteiger charge is -2.18. The molecule has 3 nitrogen and oxygen atoms in total. The molecule has 0 aromatic heterocycles. The maximum atomic E-state index is 10.1. The first-order valence-electron chi connectivity index (χ1n) is 7.34. The van der Waals surface area contributed by atoms with Crippen molar-refractivity contribution < 1.29 is 14.9 Å². The molecule has 1 aromatic rings. The van der Waals surface area contributed by atoms with Crippen molar-refractivity contribution in [2.75, 3.05) is 6.61 Å². The van der Waals surface area contributed by atoms with Crippen molar-refractivity contribution in [3.05, 3.63) is 28.2 Å². The molecule has 1 unspecified atom stereocenters. The minimum Gasteiger partial charge on any atom is -0.491 e. The van der Waals surface area contributed by atoms with E-state index >= 15 is 0 Å². The van der Waals surface area contributed by atoms with Crippen LogP contribution in [0.4, 0.5) is 0 Å². The zero-order valence-electron chi connectivity index (χ0n) is 11.9. The number of hydrogen-bond acceptors (Lipinski definition) is 3. The summed E-state index contributed by atoms with van der Waals surface area (Å²) in [6.45, 7) is 2.00. The van der Waals surface area contributed by atoms with Crippen LogP contribution >= 0.6 is 15.9 Å². The standard InChI is InChI=1S/C16H23BrO3/c1-11(18)15-9-13(17)6-7-16(15)20-10-14(19)8-12-4-2-3-5-12/h6-7,9,11-12,14,18-19H,2-5,8,10H2,1H3/t11-,14?/m1/s1. The molecule has 0 bridgehead atoms. The first-order valence-corrected chi connectivity index (χ1v) is 8.14. The highest BCUT2D eigenvalue weighted by Crippen LogP contribution is 2.30. The van der Waals surface area contributed by atoms with Gasteiger partial charge in [-0.2, -0.15) is 0 Å². The summed E-state index contributed by atoms with van der Waals surface area (Å²) in [5.74, 6) is 1.29. The van der Waals surface area contributed by atoms with Crippen LogP contribution in [0.1, 0.15) is 50.7 Å². The molecule has 2 rings (SSSR count). The van der Waals surface area contributed by atoms with Crippen LogP contribution < -0.4 is 4.74 Å². The Bertz CT molecular complexity index is 428. The molecule has 1 fully saturated rings. The quantitative estimate of drug-likeness (QED) is 0.826. The summed E-state index contributed by atoms with van der Waals surface area (Å²) in [7, 11) is 0. The number of aliphatic hydroxyl groups is 2. The Morgan fingerprint density at radius 1 is 1.30 bits per heavy atom. The maximum Gasteiger partial charge on any atom is 0.125 e. The summed E-state index contributed by atoms with van der Waals surface area (Å²) in [4.78, 5) is 0. The highest BCUT2D eigenvalue weighted by atomic mass is 79.9. The van der Waals surface area contributed by atoms with Crippen LogP contribution in [-0.4, -0.2) is 22.9 Å². The number of rotatable bonds is 6. The van der Waals surface area contributed by atoms with Crippen molar-refractivity contribution in [1.29, 1.82) is 0 Å². The minimum absolute atomic E-state index is 0.290. The zero-order chi connectivity index (χ0) is 14.5. The Morgan fingerprint density at radius 3 is 2.65 bits per heavy atom. The van der Waals surface area contributed by atoms with Gasteiger partial charge in [0.2, 0.25) is 0 Å². The molecule has 112 valence electrons. The summed E-state index contributed by atoms with van der Waals surface area (Å²) in [6.07, 6.45) is 4.84. The Labute approximate surface area is 129 Å². The van der Waals surface area contributed by atoms with Crippen molar-refractivity contribution in [3.8, 4) is 5.75 Å². The van der Waals surface area contributed by atoms with Crippen molar-refractivity contribution in [2.45, 2.75) is 51.2 Å². The van der Waals surface area contributed by atoms with Gasteiger partial charge in [-0.3, -0.25) is 0 Å². The highest BCUT2D eigenvalue weighted by molar-refractivity contribution is 9.10. The summed E-state index contributed by atoms with van der Waals surface area (Å²) in [5, 5.41) is 19.8. The van der Waals surface area contributed by atoms with E-state index < -0.39 is 12.2 Å². The van der Waals surface area contributed by atoms with Crippen LogP contribution in [0.3, 0.4) is 0 Å². The predicted molar refractivity (Wildman–Crippen MR) is 82.9 cm³/mol. The van der Waals surface area contributed by atoms with Crippen molar-refractivity contribution >= 4 is 15.9 Å². The Hall–Kier alpha value is -0.580. The van der Waals surface area contributed by atoms with Gasteiger partial charge >= 0.3 is 0 Å². The molecule has 1 aliphatic rings. The molecule has 20 heavy (non-hydrogen) atoms. The molecule has 2 atom stereocenters. The summed E-state index contributed by atoms with van der Waals surface area (Å²) >= 11 is 3.39. The fourth-order valence-corrected chi connectivity index (χ4v) is 3.24. The van der Waals surface area contributed by atoms with Gasteiger partial charge in [0.05, 0.1) is 12.2 Å². The molecule has 4 heteroatoms. The number of hydrogen-bond donors (Lipinski definition) is 2. The summed E-state index contributed by atoms with van der Waals surface area (Å²) in [6, 6.07) is 5.56. The number of halogens is 1. The minimum atomic E-state index is -0.588. The molecule has 0 spiro atoms. The molecule has 0 aliphatic heterocycles. The average Bonchev–Trinajstić information content (AvgIpc) is 2.90. The summed E-state index contributed by atoms with van der Waals surface area (Å²) in [5.41, 5.74) is 0.743. The van der Waals surface area contributed by atoms with E-state index in [-0.39, 0.29) is 6.61 Å². The second-order valence-corrected chi connectivity index (χ2v) is 6.62. The fraction of sp³-hybridized carbons (Fsp3) is 0.625. The maximum absolute atomic E-state index is 10.1. The van der Waals surface area contributed by atoms with E-state index in [4.69, 9.17) is 4.74 Å². The molecule has 0 heterocycles. The molecule has 2 N–H and O–H groups in total. The van der Waals surface area contributed by atoms with Crippen molar-refractivity contribution in [1.82, 2.24) is 0 Å². The van der Waals surface area contributed by atoms with Gasteiger partial charge in [-0.15, -0.1) is 0 Å². The molecule has 1 aromatic carbocycles. The molecular formula is C16H23BrO3. The van der Waals surface area contributed by atoms with E-state index in [1.54, 1.807) is 6.92 Å². The first kappa shape index (κ1) is 15.8. The third-order valence-corrected chi connectivity index (χ3v) is 4.43. The van der Waals surface area contributed by atoms with Gasteiger partial charge in [0.25, 0.3) is 0 Å². The zero-order valence-corrected chi connectivity index (χ0v) is 13.5. The predicted octanol–water partition coefficient (Wildman–Crippen LogP) is 3.82. The second kappa shape index (κ2) is 7.43. The average molecular weight is 343 g/mol. The highest BCUT2D eigenvalue weighted by Gasteiger charge is 2.19. The molecule has 0 saturated heterocycles. The van der Waals surface area contributed by atoms with Gasteiger partial charge in [-0.25, -0.2) is 0 Å². The summed E-state index contributed by atoms with van der Waals surface area (Å²) < 4.78 is 6.60. The van der Waals surface area contributed by atoms with Gasteiger partial charge < -0.3 is 14.9 Å². The van der Waals surface area contributed by atoms with Crippen LogP contribution in [0.2, 0.25) is 0 Å². The van der Waals surface area contributed by atoms with E-state index in [0.717, 1.165) is 16.5 Å². The Kier molecular flexibility index (Phi) is 5.87. The lowest BCUT2D eigenvalue weighted by atomic mass is 10.0. The van der Waals surface area contributed by atoms with E-state index in [1.807, 2.05) is 18.2 Å². The molecular weight excluding hydrogens is 320 g/mol. The normalized spacial score (nSPS) is 19.0. The number of ether oxygens (including phenoxy) is 1. The van der Waals surface area contributed by atoms with Crippen molar-refractivity contribution in [2.24, 2.45) is 5.92 Å². The topological polar surface area (TPSA) is 49.7 Å². The van der Waals surface area contributed by atoms with E-state index in [0.29, 0.717) is 11.7 Å². The van der Waals surface area contributed by atoms with Gasteiger partial charge in [0.15, 0.2) is 0 Å². The molecule has 0 radical (unpaired) electrons. The van der Waals surface area contributed by atoms with Crippen LogP contribution in [0.5, 0.6) is 5.75 Å². The third kappa shape index (κ3) is 4.47. The first-order chi connectivity index (χ1) is 9.56. The van der Waals surface area contributed by atoms with Gasteiger partial charge in [0, 0.05) is 10.0 Å². The van der Waals surface area contributed by atoms with E-state index in [9.17, 15) is 10.2 Å². The van der Waals surface area contributed by atoms with Gasteiger partial charge in [0.1, 0.15) is 12.4 Å². The largest absolute Gasteiger partial charge is 0.491 e. The third-order valence-electron chi connectivity index (χ3n) is 3.93. The van der Waals surface area contributed by atoms with Gasteiger partial charge in [-0.1, -0.05) is 41.6 Å². The van der Waals surface area contributed by atoms with Crippen LogP contribution in [0, 0.1) is 5.92 Å². The number of benzene rings is 1. The second-order valence-electron chi connectivity index (χ2n) is 5.71. The molecule has 1 saturated carbocycles. The molecule has 0 amide bonds. The fourth-order valence-electron chi connectivity index (χ4n) is 2.86. The van der Waals surface area contributed by atoms with Gasteiger partial charge in [-0.05, 0) is 37.5 Å². The van der Waals surface area contributed by atoms with Crippen LogP contribution in [0.15, 0.2) is 22.7 Å². The lowest BCUT2D eigenvalue weighted by Crippen LogP contribution is -2.21. The Balaban J connectivity index is 1.89. The van der Waals surface area contributed by atoms with Crippen molar-refractivity contribution in [3.63, 3.8) is 0 Å². The number of aliphatic hydroxyl groups excluding tert-OH is 2. The lowest BCUT2D eigenvalue weighted by molar-refractivity contribution is 0.0832. The van der Waals surface area contributed by atoms with Crippen LogP contribution in [0.25, 0.3) is 0 Å². The van der Waals surface area contributed by atoms with Crippen LogP contribution in [-0.2, 0) is 0 Å². The van der Waals surface area contributed by atoms with E-state index in [2.05, 4.69) is 15.9 Å². The monoisotopic (exact) mass is 342 g/mol. The Morgan fingerprint density at radius 2 is 2.00 bits per heavy atom. The molecule has 1 aliphatic carbocycles. The SMILES string of the molecule is C[C@@H](O)c1cc(Br)ccc1OCC(O)CC1CCCC1.